The minimum absolute atomic E-state index is 0. The van der Waals surface area contributed by atoms with Crippen LogP contribution in [0.2, 0.25) is 0 Å². The van der Waals surface area contributed by atoms with E-state index in [9.17, 15) is 13.2 Å². The second-order valence-electron chi connectivity index (χ2n) is 7.72. The molecule has 1 aliphatic heterocycles. The van der Waals surface area contributed by atoms with Gasteiger partial charge in [-0.1, -0.05) is 13.0 Å². The Kier molecular flexibility index (Phi) is 7.09. The van der Waals surface area contributed by atoms with Crippen LogP contribution in [0.25, 0.3) is 0 Å². The second kappa shape index (κ2) is 8.81. The summed E-state index contributed by atoms with van der Waals surface area (Å²) in [5, 5.41) is 2.40. The molecule has 0 saturated carbocycles. The number of sulfonamides is 1. The molecule has 0 bridgehead atoms. The Bertz CT molecular complexity index is 803. The number of fused-ring (bicyclic) bond motifs is 2. The van der Waals surface area contributed by atoms with Crippen molar-refractivity contribution in [1.29, 1.82) is 0 Å². The van der Waals surface area contributed by atoms with Crippen LogP contribution in [0.15, 0.2) is 6.07 Å². The number of nitrogens with zero attached hydrogens (tertiary/aromatic N) is 1. The number of carbonyl (C=O) groups is 1. The van der Waals surface area contributed by atoms with Crippen LogP contribution in [0.5, 0.6) is 0 Å². The Labute approximate surface area is 204 Å². The quantitative estimate of drug-likeness (QED) is 0.718. The van der Waals surface area contributed by atoms with Crippen molar-refractivity contribution in [2.24, 2.45) is 0 Å². The van der Waals surface area contributed by atoms with Crippen molar-refractivity contribution in [1.82, 2.24) is 9.62 Å². The third-order valence-corrected chi connectivity index (χ3v) is 7.49. The number of rotatable bonds is 5. The number of aryl methyl sites for hydroxylation is 2. The van der Waals surface area contributed by atoms with Crippen molar-refractivity contribution in [3.05, 3.63) is 28.3 Å². The van der Waals surface area contributed by atoms with Crippen molar-refractivity contribution in [3.8, 4) is 0 Å². The van der Waals surface area contributed by atoms with Gasteiger partial charge >= 0.3 is 6.03 Å². The van der Waals surface area contributed by atoms with E-state index in [-0.39, 0.29) is 51.4 Å². The van der Waals surface area contributed by atoms with Gasteiger partial charge in [0, 0.05) is 70.2 Å². The summed E-state index contributed by atoms with van der Waals surface area (Å²) >= 11 is 0. The van der Waals surface area contributed by atoms with Crippen LogP contribution in [0, 0.1) is 0 Å². The molecule has 1 radical (unpaired) electrons. The van der Waals surface area contributed by atoms with Gasteiger partial charge in [0.15, 0.2) is 0 Å². The summed E-state index contributed by atoms with van der Waals surface area (Å²) in [7, 11) is -3.63. The SMILES string of the molecule is CCCN1CC(S(=O)(=O)NC(=O)Nc2c3c(cc4c2CCC4)CCC3)C1.[K]. The van der Waals surface area contributed by atoms with E-state index in [0.29, 0.717) is 13.1 Å². The average molecular weight is 417 g/mol. The van der Waals surface area contributed by atoms with Crippen LogP contribution in [-0.4, -0.2) is 95.6 Å². The predicted octanol–water partition coefficient (Wildman–Crippen LogP) is 1.83. The van der Waals surface area contributed by atoms with Crippen LogP contribution in [0.1, 0.15) is 48.4 Å². The van der Waals surface area contributed by atoms with E-state index in [1.54, 1.807) is 0 Å². The van der Waals surface area contributed by atoms with Gasteiger partial charge in [-0.05, 0) is 73.7 Å². The maximum absolute atomic E-state index is 12.5. The fourth-order valence-corrected chi connectivity index (χ4v) is 5.83. The normalized spacial score (nSPS) is 19.0. The van der Waals surface area contributed by atoms with Crippen LogP contribution in [-0.2, 0) is 35.7 Å². The summed E-state index contributed by atoms with van der Waals surface area (Å²) in [5.74, 6) is 0. The molecule has 1 fully saturated rings. The molecule has 0 atom stereocenters. The number of urea groups is 1. The fraction of sp³-hybridized carbons (Fsp3) is 0.632. The Hall–Kier alpha value is 0.0364. The zero-order valence-corrected chi connectivity index (χ0v) is 20.2. The van der Waals surface area contributed by atoms with Gasteiger partial charge in [-0.2, -0.15) is 0 Å². The molecule has 2 amide bonds. The van der Waals surface area contributed by atoms with Crippen LogP contribution in [0.3, 0.4) is 0 Å². The van der Waals surface area contributed by atoms with E-state index in [4.69, 9.17) is 0 Å². The van der Waals surface area contributed by atoms with Crippen molar-refractivity contribution in [2.75, 3.05) is 25.0 Å². The number of hydrogen-bond donors (Lipinski definition) is 2. The summed E-state index contributed by atoms with van der Waals surface area (Å²) in [6, 6.07) is 1.68. The molecular weight excluding hydrogens is 389 g/mol. The molecule has 0 spiro atoms. The molecule has 4 rings (SSSR count). The summed E-state index contributed by atoms with van der Waals surface area (Å²) in [5.41, 5.74) is 5.92. The standard InChI is InChI=1S/C19H27N3O3S.K/c1-2-9-22-11-15(12-22)26(24,25)21-19(23)20-18-16-7-3-5-13(16)10-14-6-4-8-17(14)18;/h10,15H,2-9,11-12H2,1H3,(H2,20,21,23);. The first-order valence-corrected chi connectivity index (χ1v) is 11.2. The largest absolute Gasteiger partial charge is 0.332 e. The Morgan fingerprint density at radius 2 is 1.70 bits per heavy atom. The van der Waals surface area contributed by atoms with Crippen LogP contribution in [0.4, 0.5) is 10.5 Å². The second-order valence-corrected chi connectivity index (χ2v) is 9.68. The molecule has 1 aromatic rings. The number of benzene rings is 1. The van der Waals surface area contributed by atoms with E-state index in [0.717, 1.165) is 57.2 Å². The molecule has 27 heavy (non-hydrogen) atoms. The van der Waals surface area contributed by atoms with Gasteiger partial charge in [-0.3, -0.25) is 0 Å². The van der Waals surface area contributed by atoms with Crippen molar-refractivity contribution in [2.45, 2.75) is 57.1 Å². The minimum Gasteiger partial charge on any atom is -0.307 e. The van der Waals surface area contributed by atoms with Crippen LogP contribution < -0.4 is 10.0 Å². The molecular formula is C19H27KN3O3S. The van der Waals surface area contributed by atoms with Gasteiger partial charge in [0.2, 0.25) is 10.0 Å². The van der Waals surface area contributed by atoms with Gasteiger partial charge in [0.1, 0.15) is 5.25 Å². The Morgan fingerprint density at radius 1 is 1.11 bits per heavy atom. The fourth-order valence-electron chi connectivity index (χ4n) is 4.54. The summed E-state index contributed by atoms with van der Waals surface area (Å²) in [4.78, 5) is 14.6. The summed E-state index contributed by atoms with van der Waals surface area (Å²) < 4.78 is 27.1. The van der Waals surface area contributed by atoms with E-state index < -0.39 is 21.3 Å². The van der Waals surface area contributed by atoms with Gasteiger partial charge in [0.05, 0.1) is 0 Å². The molecule has 8 heteroatoms. The third-order valence-electron chi connectivity index (χ3n) is 5.85. The average Bonchev–Trinajstić information content (AvgIpc) is 3.18. The monoisotopic (exact) mass is 416 g/mol. The smallest absolute Gasteiger partial charge is 0.307 e. The first-order valence-electron chi connectivity index (χ1n) is 9.69. The summed E-state index contributed by atoms with van der Waals surface area (Å²) in [6.45, 7) is 3.99. The molecule has 1 saturated heterocycles. The number of carbonyl (C=O) groups excluding carboxylic acids is 1. The molecule has 3 aliphatic rings. The zero-order chi connectivity index (χ0) is 18.3. The molecule has 143 valence electrons. The summed E-state index contributed by atoms with van der Waals surface area (Å²) in [6.07, 6.45) is 7.22. The number of amides is 2. The predicted molar refractivity (Wildman–Crippen MR) is 108 cm³/mol. The molecule has 2 N–H and O–H groups in total. The number of likely N-dealkylation sites (tertiary alicyclic amines) is 1. The minimum atomic E-state index is -3.63. The van der Waals surface area contributed by atoms with E-state index in [1.165, 1.54) is 22.3 Å². The third kappa shape index (κ3) is 4.47. The van der Waals surface area contributed by atoms with Gasteiger partial charge < -0.3 is 10.2 Å². The first-order chi connectivity index (χ1) is 12.5. The van der Waals surface area contributed by atoms with Crippen LogP contribution >= 0.6 is 0 Å². The van der Waals surface area contributed by atoms with Crippen molar-refractivity contribution in [3.63, 3.8) is 0 Å². The number of hydrogen-bond acceptors (Lipinski definition) is 4. The molecule has 2 aliphatic carbocycles. The molecule has 0 unspecified atom stereocenters. The first kappa shape index (κ1) is 21.7. The van der Waals surface area contributed by atoms with Crippen molar-refractivity contribution < 1.29 is 13.2 Å². The van der Waals surface area contributed by atoms with Gasteiger partial charge in [-0.15, -0.1) is 0 Å². The van der Waals surface area contributed by atoms with Gasteiger partial charge in [-0.25, -0.2) is 17.9 Å². The number of nitrogens with one attached hydrogen (secondary N) is 2. The number of anilines is 1. The molecule has 1 aromatic carbocycles. The topological polar surface area (TPSA) is 78.5 Å². The van der Waals surface area contributed by atoms with Gasteiger partial charge in [0.25, 0.3) is 0 Å². The van der Waals surface area contributed by atoms with E-state index >= 15 is 0 Å². The Balaban J connectivity index is 0.00000210. The Morgan fingerprint density at radius 3 is 2.26 bits per heavy atom. The van der Waals surface area contributed by atoms with Crippen molar-refractivity contribution >= 4 is 73.1 Å². The maximum atomic E-state index is 12.5. The molecule has 1 heterocycles. The molecule has 0 aromatic heterocycles. The molecule has 6 nitrogen and oxygen atoms in total. The maximum Gasteiger partial charge on any atom is 0.332 e. The van der Waals surface area contributed by atoms with E-state index in [2.05, 4.69) is 27.9 Å². The van der Waals surface area contributed by atoms with E-state index in [1.807, 2.05) is 0 Å². The zero-order valence-electron chi connectivity index (χ0n) is 16.3.